The molecule has 1 N–H and O–H groups in total. The zero-order chi connectivity index (χ0) is 22.2. The van der Waals surface area contributed by atoms with E-state index in [1.54, 1.807) is 17.4 Å². The summed E-state index contributed by atoms with van der Waals surface area (Å²) in [5.74, 6) is 0.599. The Bertz CT molecular complexity index is 1420. The molecular weight excluding hydrogens is 440 g/mol. The van der Waals surface area contributed by atoms with Crippen molar-refractivity contribution >= 4 is 44.2 Å². The number of rotatable bonds is 7. The Balaban J connectivity index is 1.56. The van der Waals surface area contributed by atoms with Crippen LogP contribution < -0.4 is 11.1 Å². The number of thiophene rings is 1. The average Bonchev–Trinajstić information content (AvgIpc) is 3.37. The highest BCUT2D eigenvalue weighted by atomic mass is 32.2. The number of thioether (sulfide) groups is 1. The second-order valence-electron chi connectivity index (χ2n) is 8.32. The molecule has 1 atom stereocenters. The van der Waals surface area contributed by atoms with Gasteiger partial charge in [0, 0.05) is 11.4 Å². The molecule has 0 radical (unpaired) electrons. The number of aromatic amines is 1. The zero-order valence-electron chi connectivity index (χ0n) is 18.3. The summed E-state index contributed by atoms with van der Waals surface area (Å²) in [5.41, 5.74) is 1.84. The van der Waals surface area contributed by atoms with Crippen molar-refractivity contribution in [3.8, 4) is 0 Å². The number of hydrogen-bond acceptors (Lipinski definition) is 6. The van der Waals surface area contributed by atoms with Gasteiger partial charge in [0.05, 0.1) is 21.5 Å². The third-order valence-corrected chi connectivity index (χ3v) is 8.36. The van der Waals surface area contributed by atoms with Gasteiger partial charge in [-0.15, -0.1) is 11.3 Å². The first kappa shape index (κ1) is 21.4. The Morgan fingerprint density at radius 2 is 2.03 bits per heavy atom. The van der Waals surface area contributed by atoms with Crippen LogP contribution >= 0.6 is 23.1 Å². The molecule has 5 rings (SSSR count). The third-order valence-electron chi connectivity index (χ3n) is 6.07. The summed E-state index contributed by atoms with van der Waals surface area (Å²) in [5, 5.41) is 1.97. The number of hydrogen-bond donors (Lipinski definition) is 1. The van der Waals surface area contributed by atoms with Crippen molar-refractivity contribution in [2.75, 3.05) is 0 Å². The van der Waals surface area contributed by atoms with E-state index in [0.717, 1.165) is 48.7 Å². The topological polar surface area (TPSA) is 80.6 Å². The molecular formula is C24H26N4O2S2. The van der Waals surface area contributed by atoms with Crippen molar-refractivity contribution < 1.29 is 0 Å². The van der Waals surface area contributed by atoms with Crippen molar-refractivity contribution in [1.82, 2.24) is 19.5 Å². The lowest BCUT2D eigenvalue weighted by molar-refractivity contribution is 0.541. The standard InChI is InChI=1S/C24H26N4O2S2/c1-3-4-7-13-28-23(30)19-16-10-8-12-18(16)32-22(19)27-24(28)31-14(2)20-25-17-11-6-5-9-15(17)21(29)26-20/h5-6,9,11,14H,3-4,7-8,10,12-13H2,1-2H3,(H,25,26,29). The summed E-state index contributed by atoms with van der Waals surface area (Å²) in [6, 6.07) is 7.35. The first-order valence-electron chi connectivity index (χ1n) is 11.3. The third kappa shape index (κ3) is 3.79. The van der Waals surface area contributed by atoms with Gasteiger partial charge in [-0.1, -0.05) is 43.7 Å². The van der Waals surface area contributed by atoms with Crippen LogP contribution in [0.1, 0.15) is 61.0 Å². The molecule has 166 valence electrons. The van der Waals surface area contributed by atoms with Gasteiger partial charge in [-0.05, 0) is 50.3 Å². The van der Waals surface area contributed by atoms with E-state index in [1.165, 1.54) is 22.2 Å². The zero-order valence-corrected chi connectivity index (χ0v) is 19.9. The second-order valence-corrected chi connectivity index (χ2v) is 10.7. The van der Waals surface area contributed by atoms with Crippen molar-refractivity contribution in [1.29, 1.82) is 0 Å². The number of nitrogens with zero attached hydrogens (tertiary/aromatic N) is 3. The number of benzene rings is 1. The lowest BCUT2D eigenvalue weighted by Gasteiger charge is -2.16. The van der Waals surface area contributed by atoms with Gasteiger partial charge >= 0.3 is 0 Å². The molecule has 1 aliphatic carbocycles. The number of fused-ring (bicyclic) bond motifs is 4. The van der Waals surface area contributed by atoms with Crippen LogP contribution in [0.4, 0.5) is 0 Å². The molecule has 0 amide bonds. The van der Waals surface area contributed by atoms with E-state index in [-0.39, 0.29) is 16.4 Å². The summed E-state index contributed by atoms with van der Waals surface area (Å²) < 4.78 is 1.85. The minimum Gasteiger partial charge on any atom is -0.309 e. The quantitative estimate of drug-likeness (QED) is 0.229. The summed E-state index contributed by atoms with van der Waals surface area (Å²) in [6.07, 6.45) is 6.27. The Morgan fingerprint density at radius 3 is 2.88 bits per heavy atom. The molecule has 6 nitrogen and oxygen atoms in total. The van der Waals surface area contributed by atoms with Crippen LogP contribution in [0.2, 0.25) is 0 Å². The van der Waals surface area contributed by atoms with Gasteiger partial charge in [-0.3, -0.25) is 14.2 Å². The number of H-pyrrole nitrogens is 1. The molecule has 3 aromatic heterocycles. The Hall–Kier alpha value is -2.45. The van der Waals surface area contributed by atoms with Crippen molar-refractivity contribution in [3.63, 3.8) is 0 Å². The number of aromatic nitrogens is 4. The molecule has 0 saturated heterocycles. The van der Waals surface area contributed by atoms with E-state index in [1.807, 2.05) is 29.7 Å². The van der Waals surface area contributed by atoms with Gasteiger partial charge in [0.25, 0.3) is 11.1 Å². The highest BCUT2D eigenvalue weighted by Crippen LogP contribution is 2.37. The number of aryl methyl sites for hydroxylation is 2. The van der Waals surface area contributed by atoms with Gasteiger partial charge in [0.1, 0.15) is 10.7 Å². The molecule has 0 spiro atoms. The van der Waals surface area contributed by atoms with Crippen LogP contribution in [0.3, 0.4) is 0 Å². The maximum atomic E-state index is 13.6. The first-order chi connectivity index (χ1) is 15.6. The molecule has 0 fully saturated rings. The Morgan fingerprint density at radius 1 is 1.19 bits per heavy atom. The van der Waals surface area contributed by atoms with Crippen molar-refractivity contribution in [3.05, 3.63) is 61.2 Å². The van der Waals surface area contributed by atoms with E-state index in [4.69, 9.17) is 4.98 Å². The summed E-state index contributed by atoms with van der Waals surface area (Å²) in [7, 11) is 0. The molecule has 8 heteroatoms. The molecule has 1 aromatic carbocycles. The summed E-state index contributed by atoms with van der Waals surface area (Å²) in [6.45, 7) is 4.82. The molecule has 1 unspecified atom stereocenters. The Labute approximate surface area is 194 Å². The SMILES string of the molecule is CCCCCn1c(SC(C)c2nc3ccccc3c(=O)[nH]2)nc2sc3c(c2c1=O)CCC3. The summed E-state index contributed by atoms with van der Waals surface area (Å²) in [4.78, 5) is 40.8. The van der Waals surface area contributed by atoms with Gasteiger partial charge in [-0.25, -0.2) is 9.97 Å². The minimum atomic E-state index is -0.152. The molecule has 0 aliphatic heterocycles. The van der Waals surface area contributed by atoms with Crippen LogP contribution in [0.25, 0.3) is 21.1 Å². The number of nitrogens with one attached hydrogen (secondary N) is 1. The van der Waals surface area contributed by atoms with Gasteiger partial charge in [0.2, 0.25) is 0 Å². The maximum absolute atomic E-state index is 13.6. The molecule has 32 heavy (non-hydrogen) atoms. The molecule has 1 aliphatic rings. The lowest BCUT2D eigenvalue weighted by Crippen LogP contribution is -2.24. The fraction of sp³-hybridized carbons (Fsp3) is 0.417. The van der Waals surface area contributed by atoms with Gasteiger partial charge in [-0.2, -0.15) is 0 Å². The van der Waals surface area contributed by atoms with E-state index in [0.29, 0.717) is 28.4 Å². The second kappa shape index (κ2) is 8.83. The summed E-state index contributed by atoms with van der Waals surface area (Å²) >= 11 is 3.16. The van der Waals surface area contributed by atoms with Crippen molar-refractivity contribution in [2.24, 2.45) is 0 Å². The van der Waals surface area contributed by atoms with Crippen LogP contribution in [0.5, 0.6) is 0 Å². The van der Waals surface area contributed by atoms with Crippen LogP contribution in [-0.4, -0.2) is 19.5 Å². The fourth-order valence-electron chi connectivity index (χ4n) is 4.38. The van der Waals surface area contributed by atoms with Crippen molar-refractivity contribution in [2.45, 2.75) is 69.3 Å². The highest BCUT2D eigenvalue weighted by molar-refractivity contribution is 7.99. The van der Waals surface area contributed by atoms with Gasteiger partial charge in [0.15, 0.2) is 5.16 Å². The highest BCUT2D eigenvalue weighted by Gasteiger charge is 2.24. The number of para-hydroxylation sites is 1. The molecule has 0 bridgehead atoms. The van der Waals surface area contributed by atoms with E-state index in [2.05, 4.69) is 16.9 Å². The molecule has 0 saturated carbocycles. The fourth-order valence-corrected chi connectivity index (χ4v) is 6.67. The predicted octanol–water partition coefficient (Wildman–Crippen LogP) is 5.23. The molecule has 4 aromatic rings. The first-order valence-corrected chi connectivity index (χ1v) is 13.0. The normalized spacial score (nSPS) is 14.3. The van der Waals surface area contributed by atoms with E-state index < -0.39 is 0 Å². The smallest absolute Gasteiger partial charge is 0.263 e. The van der Waals surface area contributed by atoms with Crippen LogP contribution in [0, 0.1) is 0 Å². The maximum Gasteiger partial charge on any atom is 0.263 e. The van der Waals surface area contributed by atoms with E-state index in [9.17, 15) is 9.59 Å². The average molecular weight is 467 g/mol. The predicted molar refractivity (Wildman–Crippen MR) is 132 cm³/mol. The van der Waals surface area contributed by atoms with Gasteiger partial charge < -0.3 is 4.98 Å². The van der Waals surface area contributed by atoms with Crippen LogP contribution in [-0.2, 0) is 19.4 Å². The van der Waals surface area contributed by atoms with E-state index >= 15 is 0 Å². The monoisotopic (exact) mass is 466 g/mol. The molecule has 3 heterocycles. The Kier molecular flexibility index (Phi) is 5.90. The lowest BCUT2D eigenvalue weighted by atomic mass is 10.2. The minimum absolute atomic E-state index is 0.0835. The number of unbranched alkanes of at least 4 members (excludes halogenated alkanes) is 2. The largest absolute Gasteiger partial charge is 0.309 e. The van der Waals surface area contributed by atoms with Crippen LogP contribution in [0.15, 0.2) is 39.0 Å².